The highest BCUT2D eigenvalue weighted by atomic mass is 35.5. The van der Waals surface area contributed by atoms with Gasteiger partial charge in [0.15, 0.2) is 17.7 Å². The molecule has 0 aliphatic carbocycles. The number of ether oxygens (including phenoxy) is 2. The monoisotopic (exact) mass is 351 g/mol. The van der Waals surface area contributed by atoms with Gasteiger partial charge in [-0.25, -0.2) is 4.39 Å². The second-order valence-electron chi connectivity index (χ2n) is 5.34. The summed E-state index contributed by atoms with van der Waals surface area (Å²) in [6, 6.07) is 11.0. The van der Waals surface area contributed by atoms with E-state index in [9.17, 15) is 9.18 Å². The first-order valence-corrected chi connectivity index (χ1v) is 7.84. The van der Waals surface area contributed by atoms with Gasteiger partial charge in [0.25, 0.3) is 5.91 Å². The van der Waals surface area contributed by atoms with Crippen molar-refractivity contribution in [3.8, 4) is 11.5 Å². The third-order valence-corrected chi connectivity index (χ3v) is 3.78. The molecule has 0 radical (unpaired) electrons. The fraction of sp³-hybridized carbons (Fsp3) is 0.278. The Kier molecular flexibility index (Phi) is 6.04. The minimum Gasteiger partial charge on any atom is -0.494 e. The van der Waals surface area contributed by atoms with Crippen molar-refractivity contribution in [1.82, 2.24) is 5.32 Å². The maximum Gasteiger partial charge on any atom is 0.261 e. The molecule has 0 saturated heterocycles. The summed E-state index contributed by atoms with van der Waals surface area (Å²) in [5, 5.41) is 3.39. The number of hydrogen-bond acceptors (Lipinski definition) is 3. The van der Waals surface area contributed by atoms with Gasteiger partial charge in [-0.2, -0.15) is 0 Å². The van der Waals surface area contributed by atoms with Gasteiger partial charge < -0.3 is 14.8 Å². The molecule has 0 heterocycles. The predicted octanol–water partition coefficient (Wildman–Crippen LogP) is 4.13. The van der Waals surface area contributed by atoms with Gasteiger partial charge in [0, 0.05) is 5.02 Å². The van der Waals surface area contributed by atoms with E-state index in [0.717, 1.165) is 0 Å². The molecule has 0 saturated carbocycles. The van der Waals surface area contributed by atoms with Gasteiger partial charge >= 0.3 is 0 Å². The standard InChI is InChI=1S/C18H19ClFNO3/c1-11(13-4-9-17(23-3)16(20)10-13)21-18(22)12(2)24-15-7-5-14(19)6-8-15/h4-12H,1-3H3,(H,21,22). The number of nitrogens with one attached hydrogen (secondary N) is 1. The minimum atomic E-state index is -0.697. The first-order valence-electron chi connectivity index (χ1n) is 7.46. The van der Waals surface area contributed by atoms with Crippen molar-refractivity contribution >= 4 is 17.5 Å². The van der Waals surface area contributed by atoms with E-state index in [1.807, 2.05) is 0 Å². The number of halogens is 2. The summed E-state index contributed by atoms with van der Waals surface area (Å²) in [6.45, 7) is 3.42. The van der Waals surface area contributed by atoms with Crippen molar-refractivity contribution in [2.45, 2.75) is 26.0 Å². The normalized spacial score (nSPS) is 13.0. The van der Waals surface area contributed by atoms with Gasteiger partial charge in [0.1, 0.15) is 5.75 Å². The van der Waals surface area contributed by atoms with Crippen LogP contribution in [-0.2, 0) is 4.79 Å². The molecule has 0 aliphatic rings. The maximum absolute atomic E-state index is 13.8. The van der Waals surface area contributed by atoms with E-state index in [4.69, 9.17) is 21.1 Å². The molecule has 0 aliphatic heterocycles. The van der Waals surface area contributed by atoms with Gasteiger partial charge in [0.05, 0.1) is 13.2 Å². The van der Waals surface area contributed by atoms with Gasteiger partial charge in [-0.1, -0.05) is 17.7 Å². The molecule has 2 atom stereocenters. The molecule has 6 heteroatoms. The van der Waals surface area contributed by atoms with Crippen LogP contribution >= 0.6 is 11.6 Å². The smallest absolute Gasteiger partial charge is 0.261 e. The molecule has 2 rings (SSSR count). The summed E-state index contributed by atoms with van der Waals surface area (Å²) in [7, 11) is 1.40. The Morgan fingerprint density at radius 3 is 2.42 bits per heavy atom. The van der Waals surface area contributed by atoms with Crippen LogP contribution in [-0.4, -0.2) is 19.1 Å². The maximum atomic E-state index is 13.8. The average molecular weight is 352 g/mol. The number of benzene rings is 2. The summed E-state index contributed by atoms with van der Waals surface area (Å²) in [4.78, 5) is 12.2. The van der Waals surface area contributed by atoms with Gasteiger partial charge in [-0.15, -0.1) is 0 Å². The van der Waals surface area contributed by atoms with Crippen LogP contribution in [0.1, 0.15) is 25.5 Å². The quantitative estimate of drug-likeness (QED) is 0.851. The van der Waals surface area contributed by atoms with Crippen molar-refractivity contribution < 1.29 is 18.7 Å². The number of methoxy groups -OCH3 is 1. The highest BCUT2D eigenvalue weighted by Gasteiger charge is 2.18. The van der Waals surface area contributed by atoms with E-state index >= 15 is 0 Å². The second kappa shape index (κ2) is 8.02. The second-order valence-corrected chi connectivity index (χ2v) is 5.77. The van der Waals surface area contributed by atoms with E-state index in [1.165, 1.54) is 19.2 Å². The first-order chi connectivity index (χ1) is 11.4. The summed E-state index contributed by atoms with van der Waals surface area (Å²) < 4.78 is 24.2. The Morgan fingerprint density at radius 1 is 1.17 bits per heavy atom. The van der Waals surface area contributed by atoms with Crippen molar-refractivity contribution in [1.29, 1.82) is 0 Å². The number of hydrogen-bond donors (Lipinski definition) is 1. The largest absolute Gasteiger partial charge is 0.494 e. The summed E-state index contributed by atoms with van der Waals surface area (Å²) in [6.07, 6.45) is -0.697. The number of rotatable bonds is 6. The molecule has 1 amide bonds. The molecule has 0 fully saturated rings. The lowest BCUT2D eigenvalue weighted by molar-refractivity contribution is -0.127. The molecule has 0 bridgehead atoms. The van der Waals surface area contributed by atoms with Crippen LogP contribution in [0.25, 0.3) is 0 Å². The minimum absolute atomic E-state index is 0.164. The number of carbonyl (C=O) groups is 1. The molecule has 128 valence electrons. The van der Waals surface area contributed by atoms with Crippen LogP contribution in [0.4, 0.5) is 4.39 Å². The summed E-state index contributed by atoms with van der Waals surface area (Å²) in [5.74, 6) is -0.0582. The van der Waals surface area contributed by atoms with Crippen LogP contribution < -0.4 is 14.8 Å². The third kappa shape index (κ3) is 4.61. The molecule has 1 N–H and O–H groups in total. The molecular weight excluding hydrogens is 333 g/mol. The Balaban J connectivity index is 1.97. The van der Waals surface area contributed by atoms with Crippen LogP contribution in [0.2, 0.25) is 5.02 Å². The molecule has 24 heavy (non-hydrogen) atoms. The molecular formula is C18H19ClFNO3. The van der Waals surface area contributed by atoms with E-state index in [0.29, 0.717) is 16.3 Å². The zero-order valence-corrected chi connectivity index (χ0v) is 14.4. The van der Waals surface area contributed by atoms with Gasteiger partial charge in [-0.05, 0) is 55.8 Å². The zero-order valence-electron chi connectivity index (χ0n) is 13.7. The van der Waals surface area contributed by atoms with Gasteiger partial charge in [0.2, 0.25) is 0 Å². The Hall–Kier alpha value is -2.27. The first kappa shape index (κ1) is 18.1. The van der Waals surface area contributed by atoms with E-state index in [1.54, 1.807) is 44.2 Å². The molecule has 4 nitrogen and oxygen atoms in total. The van der Waals surface area contributed by atoms with Crippen molar-refractivity contribution in [3.05, 3.63) is 58.9 Å². The fourth-order valence-corrected chi connectivity index (χ4v) is 2.26. The van der Waals surface area contributed by atoms with Crippen LogP contribution in [0.3, 0.4) is 0 Å². The SMILES string of the molecule is COc1ccc(C(C)NC(=O)C(C)Oc2ccc(Cl)cc2)cc1F. The lowest BCUT2D eigenvalue weighted by Gasteiger charge is -2.19. The molecule has 2 unspecified atom stereocenters. The predicted molar refractivity (Wildman–Crippen MR) is 91.1 cm³/mol. The van der Waals surface area contributed by atoms with Crippen molar-refractivity contribution in [2.75, 3.05) is 7.11 Å². The van der Waals surface area contributed by atoms with Crippen molar-refractivity contribution in [2.24, 2.45) is 0 Å². The van der Waals surface area contributed by atoms with Crippen LogP contribution in [0, 0.1) is 5.82 Å². The van der Waals surface area contributed by atoms with Crippen LogP contribution in [0.5, 0.6) is 11.5 Å². The van der Waals surface area contributed by atoms with E-state index in [2.05, 4.69) is 5.32 Å². The fourth-order valence-electron chi connectivity index (χ4n) is 2.14. The molecule has 0 aromatic heterocycles. The number of carbonyl (C=O) groups excluding carboxylic acids is 1. The lowest BCUT2D eigenvalue weighted by Crippen LogP contribution is -2.37. The molecule has 2 aromatic rings. The van der Waals surface area contributed by atoms with Gasteiger partial charge in [-0.3, -0.25) is 4.79 Å². The summed E-state index contributed by atoms with van der Waals surface area (Å²) >= 11 is 5.81. The number of amides is 1. The van der Waals surface area contributed by atoms with E-state index < -0.39 is 11.9 Å². The van der Waals surface area contributed by atoms with Crippen LogP contribution in [0.15, 0.2) is 42.5 Å². The van der Waals surface area contributed by atoms with E-state index in [-0.39, 0.29) is 17.7 Å². The average Bonchev–Trinajstić information content (AvgIpc) is 2.56. The lowest BCUT2D eigenvalue weighted by atomic mass is 10.1. The van der Waals surface area contributed by atoms with Crippen molar-refractivity contribution in [3.63, 3.8) is 0 Å². The third-order valence-electron chi connectivity index (χ3n) is 3.53. The molecule has 2 aromatic carbocycles. The Bertz CT molecular complexity index is 706. The zero-order chi connectivity index (χ0) is 17.7. The summed E-state index contributed by atoms with van der Waals surface area (Å²) in [5.41, 5.74) is 0.639. The Labute approximate surface area is 145 Å². The topological polar surface area (TPSA) is 47.6 Å². The Morgan fingerprint density at radius 2 is 1.83 bits per heavy atom. The highest BCUT2D eigenvalue weighted by Crippen LogP contribution is 2.22. The molecule has 0 spiro atoms. The highest BCUT2D eigenvalue weighted by molar-refractivity contribution is 6.30.